The predicted molar refractivity (Wildman–Crippen MR) is 113 cm³/mol. The van der Waals surface area contributed by atoms with E-state index in [9.17, 15) is 4.79 Å². The molecular formula is C21H30N2OS2. The molecule has 3 nitrogen and oxygen atoms in total. The summed E-state index contributed by atoms with van der Waals surface area (Å²) in [5.41, 5.74) is 1.88. The van der Waals surface area contributed by atoms with Gasteiger partial charge in [0.25, 0.3) is 5.56 Å². The SMILES string of the molecule is CSc1nc2sc3c(c2c(=O)n1C1CCCCC1)CC[C@H](C(C)(C)C)C3. The molecule has 1 saturated carbocycles. The molecule has 26 heavy (non-hydrogen) atoms. The van der Waals surface area contributed by atoms with E-state index < -0.39 is 0 Å². The standard InChI is InChI=1S/C21H30N2OS2/c1-21(2,3)13-10-11-15-16(12-13)26-18-17(15)19(24)23(20(22-18)25-4)14-8-6-5-7-9-14/h13-14H,5-12H2,1-4H3/t13-/m0/s1. The minimum Gasteiger partial charge on any atom is -0.284 e. The van der Waals surface area contributed by atoms with Crippen molar-refractivity contribution in [3.63, 3.8) is 0 Å². The average molecular weight is 391 g/mol. The third-order valence-electron chi connectivity index (χ3n) is 6.43. The third-order valence-corrected chi connectivity index (χ3v) is 8.23. The highest BCUT2D eigenvalue weighted by molar-refractivity contribution is 7.98. The van der Waals surface area contributed by atoms with Gasteiger partial charge in [0.1, 0.15) is 4.83 Å². The Kier molecular flexibility index (Phi) is 4.98. The molecule has 0 unspecified atom stereocenters. The lowest BCUT2D eigenvalue weighted by atomic mass is 9.72. The van der Waals surface area contributed by atoms with E-state index >= 15 is 0 Å². The van der Waals surface area contributed by atoms with Crippen molar-refractivity contribution in [2.24, 2.45) is 11.3 Å². The number of hydrogen-bond acceptors (Lipinski definition) is 4. The fourth-order valence-corrected chi connectivity index (χ4v) is 6.72. The van der Waals surface area contributed by atoms with Crippen molar-refractivity contribution in [3.8, 4) is 0 Å². The minimum atomic E-state index is 0.234. The Hall–Kier alpha value is -0.810. The van der Waals surface area contributed by atoms with Gasteiger partial charge in [0.2, 0.25) is 0 Å². The van der Waals surface area contributed by atoms with Crippen LogP contribution < -0.4 is 5.56 Å². The molecule has 5 heteroatoms. The smallest absolute Gasteiger partial charge is 0.263 e. The highest BCUT2D eigenvalue weighted by Gasteiger charge is 2.32. The molecule has 0 radical (unpaired) electrons. The molecule has 0 aliphatic heterocycles. The van der Waals surface area contributed by atoms with Gasteiger partial charge in [0, 0.05) is 10.9 Å². The van der Waals surface area contributed by atoms with Crippen molar-refractivity contribution in [1.29, 1.82) is 0 Å². The lowest BCUT2D eigenvalue weighted by Gasteiger charge is -2.33. The van der Waals surface area contributed by atoms with Crippen LogP contribution in [0.3, 0.4) is 0 Å². The quantitative estimate of drug-likeness (QED) is 0.477. The first-order chi connectivity index (χ1) is 12.4. The fourth-order valence-electron chi connectivity index (χ4n) is 4.76. The summed E-state index contributed by atoms with van der Waals surface area (Å²) in [5.74, 6) is 0.698. The number of rotatable bonds is 2. The van der Waals surface area contributed by atoms with E-state index in [4.69, 9.17) is 4.98 Å². The van der Waals surface area contributed by atoms with Gasteiger partial charge in [-0.15, -0.1) is 11.3 Å². The molecule has 0 saturated heterocycles. The van der Waals surface area contributed by atoms with Crippen LogP contribution in [0.1, 0.15) is 75.8 Å². The maximum atomic E-state index is 13.5. The molecule has 1 fully saturated rings. The summed E-state index contributed by atoms with van der Waals surface area (Å²) >= 11 is 3.41. The van der Waals surface area contributed by atoms with Gasteiger partial charge in [-0.3, -0.25) is 9.36 Å². The van der Waals surface area contributed by atoms with Crippen LogP contribution in [0.2, 0.25) is 0 Å². The summed E-state index contributed by atoms with van der Waals surface area (Å²) in [7, 11) is 0. The van der Waals surface area contributed by atoms with Crippen molar-refractivity contribution in [1.82, 2.24) is 9.55 Å². The summed E-state index contributed by atoms with van der Waals surface area (Å²) in [4.78, 5) is 20.9. The summed E-state index contributed by atoms with van der Waals surface area (Å²) in [6, 6.07) is 0.345. The van der Waals surface area contributed by atoms with E-state index in [-0.39, 0.29) is 5.56 Å². The van der Waals surface area contributed by atoms with E-state index in [0.29, 0.717) is 17.4 Å². The first-order valence-electron chi connectivity index (χ1n) is 10.0. The zero-order valence-corrected chi connectivity index (χ0v) is 18.1. The molecule has 2 aromatic heterocycles. The monoisotopic (exact) mass is 390 g/mol. The number of thioether (sulfide) groups is 1. The van der Waals surface area contributed by atoms with Gasteiger partial charge < -0.3 is 0 Å². The van der Waals surface area contributed by atoms with Gasteiger partial charge in [-0.05, 0) is 55.3 Å². The second-order valence-corrected chi connectivity index (χ2v) is 10.9. The van der Waals surface area contributed by atoms with Crippen LogP contribution in [-0.2, 0) is 12.8 Å². The van der Waals surface area contributed by atoms with Crippen molar-refractivity contribution in [2.75, 3.05) is 6.26 Å². The molecule has 0 amide bonds. The summed E-state index contributed by atoms with van der Waals surface area (Å²) in [6.45, 7) is 7.03. The highest BCUT2D eigenvalue weighted by atomic mass is 32.2. The number of thiophene rings is 1. The summed E-state index contributed by atoms with van der Waals surface area (Å²) in [6.07, 6.45) is 11.4. The van der Waals surface area contributed by atoms with Crippen LogP contribution in [0.25, 0.3) is 10.2 Å². The summed E-state index contributed by atoms with van der Waals surface area (Å²) in [5, 5.41) is 1.86. The summed E-state index contributed by atoms with van der Waals surface area (Å²) < 4.78 is 2.05. The van der Waals surface area contributed by atoms with Crippen molar-refractivity contribution >= 4 is 33.3 Å². The Morgan fingerprint density at radius 2 is 1.88 bits per heavy atom. The number of hydrogen-bond donors (Lipinski definition) is 0. The van der Waals surface area contributed by atoms with E-state index in [1.54, 1.807) is 23.1 Å². The van der Waals surface area contributed by atoms with E-state index in [1.807, 2.05) is 0 Å². The van der Waals surface area contributed by atoms with Crippen molar-refractivity contribution in [3.05, 3.63) is 20.8 Å². The predicted octanol–water partition coefficient (Wildman–Crippen LogP) is 5.84. The average Bonchev–Trinajstić information content (AvgIpc) is 2.99. The van der Waals surface area contributed by atoms with Crippen molar-refractivity contribution < 1.29 is 0 Å². The second-order valence-electron chi connectivity index (χ2n) is 9.06. The minimum absolute atomic E-state index is 0.234. The molecule has 1 atom stereocenters. The molecule has 0 aromatic carbocycles. The Morgan fingerprint density at radius 1 is 1.15 bits per heavy atom. The van der Waals surface area contributed by atoms with Crippen LogP contribution in [-0.4, -0.2) is 15.8 Å². The fraction of sp³-hybridized carbons (Fsp3) is 0.714. The third kappa shape index (κ3) is 3.15. The molecule has 142 valence electrons. The van der Waals surface area contributed by atoms with Crippen LogP contribution in [0.15, 0.2) is 9.95 Å². The largest absolute Gasteiger partial charge is 0.284 e. The molecule has 2 aromatic rings. The Bertz CT molecular complexity index is 869. The molecule has 2 aliphatic rings. The number of fused-ring (bicyclic) bond motifs is 3. The first kappa shape index (κ1) is 18.5. The van der Waals surface area contributed by atoms with E-state index in [1.165, 1.54) is 36.1 Å². The van der Waals surface area contributed by atoms with Crippen molar-refractivity contribution in [2.45, 2.75) is 83.3 Å². The second kappa shape index (κ2) is 6.97. The zero-order valence-electron chi connectivity index (χ0n) is 16.4. The molecule has 0 N–H and O–H groups in total. The molecule has 0 spiro atoms. The van der Waals surface area contributed by atoms with Gasteiger partial charge in [0.15, 0.2) is 5.16 Å². The van der Waals surface area contributed by atoms with Gasteiger partial charge in [0.05, 0.1) is 5.39 Å². The number of aromatic nitrogens is 2. The lowest BCUT2D eigenvalue weighted by molar-refractivity contribution is 0.218. The Balaban J connectivity index is 1.84. The number of nitrogens with zero attached hydrogens (tertiary/aromatic N) is 2. The Morgan fingerprint density at radius 3 is 2.54 bits per heavy atom. The molecule has 2 heterocycles. The van der Waals surface area contributed by atoms with Crippen LogP contribution in [0.5, 0.6) is 0 Å². The molecule has 0 bridgehead atoms. The van der Waals surface area contributed by atoms with Gasteiger partial charge in [-0.1, -0.05) is 51.8 Å². The first-order valence-corrected chi connectivity index (χ1v) is 12.0. The van der Waals surface area contributed by atoms with Gasteiger partial charge in [-0.25, -0.2) is 4.98 Å². The van der Waals surface area contributed by atoms with Gasteiger partial charge in [-0.2, -0.15) is 0 Å². The van der Waals surface area contributed by atoms with E-state index in [2.05, 4.69) is 31.6 Å². The maximum Gasteiger partial charge on any atom is 0.263 e. The molecular weight excluding hydrogens is 360 g/mol. The normalized spacial score (nSPS) is 21.9. The van der Waals surface area contributed by atoms with Crippen LogP contribution in [0.4, 0.5) is 0 Å². The molecule has 2 aliphatic carbocycles. The molecule has 4 rings (SSSR count). The zero-order chi connectivity index (χ0) is 18.5. The van der Waals surface area contributed by atoms with E-state index in [0.717, 1.165) is 41.1 Å². The maximum absolute atomic E-state index is 13.5. The van der Waals surface area contributed by atoms with Crippen LogP contribution >= 0.6 is 23.1 Å². The van der Waals surface area contributed by atoms with Gasteiger partial charge >= 0.3 is 0 Å². The van der Waals surface area contributed by atoms with Crippen LogP contribution in [0, 0.1) is 11.3 Å². The Labute approximate surface area is 164 Å². The topological polar surface area (TPSA) is 34.9 Å². The highest BCUT2D eigenvalue weighted by Crippen LogP contribution is 2.42. The lowest BCUT2D eigenvalue weighted by Crippen LogP contribution is -2.30. The number of aryl methyl sites for hydroxylation is 1.